The molecule has 0 fully saturated rings. The minimum absolute atomic E-state index is 0.0369. The standard InChI is InChI=1S/C12H5F5O2/c13-7-8(14)10(16)12(19-17)11(9(7)15)18-6-4-2-1-3-5-6/h1-5H. The number of benzene rings is 2. The molecule has 0 heterocycles. The van der Waals surface area contributed by atoms with E-state index < -0.39 is 34.8 Å². The Kier molecular flexibility index (Phi) is 3.55. The number of rotatable bonds is 3. The molecule has 0 aromatic heterocycles. The molecule has 0 aliphatic rings. The van der Waals surface area contributed by atoms with Crippen LogP contribution in [0, 0.1) is 23.3 Å². The van der Waals surface area contributed by atoms with Gasteiger partial charge in [0.25, 0.3) is 5.75 Å². The lowest BCUT2D eigenvalue weighted by molar-refractivity contribution is -0.0148. The van der Waals surface area contributed by atoms with Crippen molar-refractivity contribution in [3.05, 3.63) is 53.6 Å². The van der Waals surface area contributed by atoms with E-state index in [1.54, 1.807) is 6.07 Å². The van der Waals surface area contributed by atoms with Crippen LogP contribution in [0.25, 0.3) is 0 Å². The van der Waals surface area contributed by atoms with Gasteiger partial charge < -0.3 is 4.74 Å². The summed E-state index contributed by atoms with van der Waals surface area (Å²) in [5.41, 5.74) is 0. The average molecular weight is 276 g/mol. The molecule has 0 aliphatic carbocycles. The average Bonchev–Trinajstić information content (AvgIpc) is 2.44. The maximum Gasteiger partial charge on any atom is 0.256 e. The van der Waals surface area contributed by atoms with E-state index in [0.29, 0.717) is 0 Å². The summed E-state index contributed by atoms with van der Waals surface area (Å²) in [7, 11) is 0. The first-order valence-corrected chi connectivity index (χ1v) is 4.93. The van der Waals surface area contributed by atoms with Crippen LogP contribution in [0.4, 0.5) is 22.1 Å². The highest BCUT2D eigenvalue weighted by atomic mass is 19.3. The van der Waals surface area contributed by atoms with Gasteiger partial charge in [-0.3, -0.25) is 4.94 Å². The largest absolute Gasteiger partial charge is 0.450 e. The van der Waals surface area contributed by atoms with E-state index >= 15 is 0 Å². The van der Waals surface area contributed by atoms with Crippen molar-refractivity contribution < 1.29 is 31.8 Å². The zero-order valence-electron chi connectivity index (χ0n) is 9.09. The first-order valence-electron chi connectivity index (χ1n) is 4.93. The summed E-state index contributed by atoms with van der Waals surface area (Å²) < 4.78 is 69.4. The van der Waals surface area contributed by atoms with Crippen molar-refractivity contribution in [2.75, 3.05) is 0 Å². The van der Waals surface area contributed by atoms with Crippen LogP contribution in [0.3, 0.4) is 0 Å². The van der Waals surface area contributed by atoms with Crippen LogP contribution in [0.1, 0.15) is 0 Å². The number of hydrogen-bond acceptors (Lipinski definition) is 2. The molecule has 0 unspecified atom stereocenters. The number of para-hydroxylation sites is 1. The summed E-state index contributed by atoms with van der Waals surface area (Å²) in [6.07, 6.45) is 0. The van der Waals surface area contributed by atoms with E-state index in [4.69, 9.17) is 4.74 Å². The molecule has 0 N–H and O–H groups in total. The second-order valence-electron chi connectivity index (χ2n) is 3.41. The Balaban J connectivity index is 2.56. The molecule has 19 heavy (non-hydrogen) atoms. The fourth-order valence-corrected chi connectivity index (χ4v) is 1.36. The van der Waals surface area contributed by atoms with Crippen LogP contribution in [0.5, 0.6) is 17.2 Å². The fraction of sp³-hybridized carbons (Fsp3) is 0. The third kappa shape index (κ3) is 2.31. The summed E-state index contributed by atoms with van der Waals surface area (Å²) in [5, 5.41) is 0. The molecule has 2 aromatic rings. The van der Waals surface area contributed by atoms with Crippen LogP contribution < -0.4 is 9.68 Å². The molecule has 0 amide bonds. The highest BCUT2D eigenvalue weighted by molar-refractivity contribution is 5.45. The Morgan fingerprint density at radius 2 is 1.21 bits per heavy atom. The molecular weight excluding hydrogens is 271 g/mol. The second-order valence-corrected chi connectivity index (χ2v) is 3.41. The Morgan fingerprint density at radius 3 is 1.74 bits per heavy atom. The lowest BCUT2D eigenvalue weighted by atomic mass is 10.2. The third-order valence-electron chi connectivity index (χ3n) is 2.22. The van der Waals surface area contributed by atoms with Crippen molar-refractivity contribution in [1.82, 2.24) is 0 Å². The van der Waals surface area contributed by atoms with Gasteiger partial charge in [-0.1, -0.05) is 18.2 Å². The molecule has 2 nitrogen and oxygen atoms in total. The Morgan fingerprint density at radius 1 is 0.684 bits per heavy atom. The lowest BCUT2D eigenvalue weighted by Crippen LogP contribution is -2.02. The molecule has 7 heteroatoms. The first kappa shape index (κ1) is 13.1. The van der Waals surface area contributed by atoms with E-state index in [-0.39, 0.29) is 5.75 Å². The van der Waals surface area contributed by atoms with E-state index in [1.165, 1.54) is 24.3 Å². The van der Waals surface area contributed by atoms with Gasteiger partial charge in [0, 0.05) is 4.53 Å². The van der Waals surface area contributed by atoms with Gasteiger partial charge in [0.2, 0.25) is 29.0 Å². The lowest BCUT2D eigenvalue weighted by Gasteiger charge is -2.10. The van der Waals surface area contributed by atoms with Crippen LogP contribution >= 0.6 is 0 Å². The van der Waals surface area contributed by atoms with Gasteiger partial charge in [0.15, 0.2) is 0 Å². The normalized spacial score (nSPS) is 10.4. The Hall–Kier alpha value is -2.31. The molecule has 0 aliphatic heterocycles. The third-order valence-corrected chi connectivity index (χ3v) is 2.22. The summed E-state index contributed by atoms with van der Waals surface area (Å²) >= 11 is 0. The van der Waals surface area contributed by atoms with Crippen LogP contribution in [0.2, 0.25) is 0 Å². The first-order chi connectivity index (χ1) is 9.06. The van der Waals surface area contributed by atoms with Crippen LogP contribution in [-0.2, 0) is 0 Å². The molecule has 0 radical (unpaired) electrons. The van der Waals surface area contributed by atoms with Crippen molar-refractivity contribution in [1.29, 1.82) is 0 Å². The van der Waals surface area contributed by atoms with E-state index in [1.807, 2.05) is 0 Å². The zero-order chi connectivity index (χ0) is 14.0. The molecule has 0 saturated carbocycles. The van der Waals surface area contributed by atoms with Gasteiger partial charge in [-0.15, -0.1) is 0 Å². The van der Waals surface area contributed by atoms with E-state index in [2.05, 4.69) is 4.94 Å². The molecule has 100 valence electrons. The minimum Gasteiger partial charge on any atom is -0.450 e. The molecular formula is C12H5F5O2. The van der Waals surface area contributed by atoms with Crippen molar-refractivity contribution in [3.8, 4) is 17.2 Å². The van der Waals surface area contributed by atoms with Crippen molar-refractivity contribution in [2.45, 2.75) is 0 Å². The summed E-state index contributed by atoms with van der Waals surface area (Å²) in [6.45, 7) is 0. The molecule has 0 spiro atoms. The number of hydrogen-bond donors (Lipinski definition) is 0. The second kappa shape index (κ2) is 5.13. The maximum absolute atomic E-state index is 13.4. The predicted octanol–water partition coefficient (Wildman–Crippen LogP) is 4.30. The van der Waals surface area contributed by atoms with Crippen molar-refractivity contribution in [2.24, 2.45) is 0 Å². The van der Waals surface area contributed by atoms with Gasteiger partial charge in [0.05, 0.1) is 0 Å². The summed E-state index contributed by atoms with van der Waals surface area (Å²) in [5.74, 6) is -11.0. The molecule has 2 rings (SSSR count). The van der Waals surface area contributed by atoms with Crippen LogP contribution in [-0.4, -0.2) is 0 Å². The molecule has 0 atom stereocenters. The fourth-order valence-electron chi connectivity index (χ4n) is 1.36. The highest BCUT2D eigenvalue weighted by Gasteiger charge is 2.29. The topological polar surface area (TPSA) is 18.5 Å². The maximum atomic E-state index is 13.4. The van der Waals surface area contributed by atoms with Gasteiger partial charge >= 0.3 is 0 Å². The van der Waals surface area contributed by atoms with Crippen molar-refractivity contribution in [3.63, 3.8) is 0 Å². The summed E-state index contributed by atoms with van der Waals surface area (Å²) in [6, 6.07) is 7.21. The Labute approximate surface area is 103 Å². The smallest absolute Gasteiger partial charge is 0.256 e. The molecule has 2 aromatic carbocycles. The van der Waals surface area contributed by atoms with Crippen LogP contribution in [0.15, 0.2) is 30.3 Å². The molecule has 0 saturated heterocycles. The van der Waals surface area contributed by atoms with Gasteiger partial charge in [0.1, 0.15) is 5.75 Å². The zero-order valence-corrected chi connectivity index (χ0v) is 9.09. The molecule has 0 bridgehead atoms. The summed E-state index contributed by atoms with van der Waals surface area (Å²) in [4.78, 5) is 3.02. The monoisotopic (exact) mass is 276 g/mol. The quantitative estimate of drug-likeness (QED) is 0.473. The van der Waals surface area contributed by atoms with Gasteiger partial charge in [-0.05, 0) is 12.1 Å². The van der Waals surface area contributed by atoms with Gasteiger partial charge in [-0.25, -0.2) is 8.78 Å². The Bertz CT molecular complexity index is 601. The van der Waals surface area contributed by atoms with E-state index in [0.717, 1.165) is 0 Å². The van der Waals surface area contributed by atoms with Crippen molar-refractivity contribution >= 4 is 0 Å². The predicted molar refractivity (Wildman–Crippen MR) is 54.5 cm³/mol. The van der Waals surface area contributed by atoms with E-state index in [9.17, 15) is 22.1 Å². The van der Waals surface area contributed by atoms with Gasteiger partial charge in [-0.2, -0.15) is 8.78 Å². The minimum atomic E-state index is -2.19. The number of ether oxygens (including phenoxy) is 1. The SMILES string of the molecule is FOc1c(F)c(F)c(F)c(F)c1Oc1ccccc1. The number of halogens is 5. The highest BCUT2D eigenvalue weighted by Crippen LogP contribution is 2.39.